The molecule has 3 amide bonds. The molecule has 5 saturated heterocycles. The van der Waals surface area contributed by atoms with Crippen LogP contribution in [0.4, 0.5) is 0 Å². The Bertz CT molecular complexity index is 3050. The zero-order chi connectivity index (χ0) is 85.2. The SMILES string of the molecule is CCCCCCCCCCCCC/C=C\[C@H](O)[C@@H](CO[C@H]1O[C@H](CO)[C@H](O[C@@H]2O[C@H](CO)[C@H](O[C@H]3O[C@@H](COS(=O)(=O)O)[C@@H](O[C@H]4O[C@@H](CO)[C@@H](O)[C@H](O[C@]5(C(=O)O)C[C@H](O)[C@@H](NC(C)=O)[C@@H]([C@@H](O)[C@@H](O)CO)O5)[C@H]4O)[C@H](O)[C@H]3NC(C)=O)[C@@H](OS(=O)(=O)O)[C@@H]2O)[C@@H](O)[C@@H]1O)NC(=O)CCCCCCCCCCCCCCCCC. The lowest BCUT2D eigenvalue weighted by Crippen LogP contribution is -2.71. The van der Waals surface area contributed by atoms with E-state index in [2.05, 4.69) is 34.0 Å². The van der Waals surface area contributed by atoms with Crippen molar-refractivity contribution in [1.29, 1.82) is 0 Å². The Morgan fingerprint density at radius 1 is 0.513 bits per heavy atom. The molecule has 115 heavy (non-hydrogen) atoms. The van der Waals surface area contributed by atoms with Gasteiger partial charge in [-0.25, -0.2) is 13.2 Å². The van der Waals surface area contributed by atoms with Crippen molar-refractivity contribution in [3.8, 4) is 0 Å². The summed E-state index contributed by atoms with van der Waals surface area (Å²) in [5, 5.41) is 175. The highest BCUT2D eigenvalue weighted by Crippen LogP contribution is 2.41. The third-order valence-electron chi connectivity index (χ3n) is 21.0. The normalized spacial score (nSPS) is 33.3. The monoisotopic (exact) mass is 1710 g/mol. The summed E-state index contributed by atoms with van der Waals surface area (Å²) in [5.74, 6) is -7.84. The van der Waals surface area contributed by atoms with E-state index in [9.17, 15) is 122 Å². The van der Waals surface area contributed by atoms with Crippen molar-refractivity contribution in [2.24, 2.45) is 0 Å². The Kier molecular flexibility index (Phi) is 46.1. The lowest BCUT2D eigenvalue weighted by molar-refractivity contribution is -0.389. The van der Waals surface area contributed by atoms with Gasteiger partial charge in [-0.05, 0) is 19.3 Å². The molecule has 0 aromatic rings. The van der Waals surface area contributed by atoms with E-state index in [1.807, 2.05) is 0 Å². The molecule has 5 heterocycles. The van der Waals surface area contributed by atoms with E-state index in [1.54, 1.807) is 6.08 Å². The van der Waals surface area contributed by atoms with Crippen LogP contribution in [0, 0.1) is 0 Å². The van der Waals surface area contributed by atoms with Gasteiger partial charge in [-0.1, -0.05) is 180 Å². The number of carboxylic acid groups (broad SMARTS) is 1. The molecular weight excluding hydrogens is 1570 g/mol. The standard InChI is InChI=1S/C73H131N3O37S2/c1-5-7-9-11-13-15-17-19-20-22-24-26-28-30-32-34-52(86)76-44(45(83)33-31-29-27-25-23-21-18-16-14-12-10-8-6-2)40-102-69-59(91)58(90)62(49(38-79)105-69)108-71-61(93)67(113-115(99,100)101)64(50(39-80)106-71)110-68-54(75-43(4)82)57(89)63(51(107-68)41-103-114(96,97)98)109-70-60(92)66(56(88)48(37-78)104-70)112-73(72(94)95)35-46(84)53(74-42(3)81)65(111-73)55(87)47(85)36-77/h31,33,44-51,53-71,77-80,83-85,87-93H,5-30,32,34-41H2,1-4H3,(H,74,81)(H,75,82)(H,76,86)(H,94,95)(H,96,97,98)(H,99,100,101)/b33-31-/t44-,45+,46+,47+,48+,49-,50-,51+,53-,54-,55+,56-,57-,58+,59+,60-,61+,62+,63-,64+,65+,66+,67+,68-,69+,70-,71+,73+/m1/s1. The maximum atomic E-state index is 13.5. The molecule has 5 aliphatic rings. The number of carboxylic acids is 1. The highest BCUT2D eigenvalue weighted by Gasteiger charge is 2.62. The third-order valence-corrected chi connectivity index (χ3v) is 21.9. The van der Waals surface area contributed by atoms with Gasteiger partial charge >= 0.3 is 26.8 Å². The van der Waals surface area contributed by atoms with Crippen molar-refractivity contribution in [2.75, 3.05) is 39.6 Å². The van der Waals surface area contributed by atoms with Gasteiger partial charge in [0.1, 0.15) is 116 Å². The Hall–Kier alpha value is -3.60. The Balaban J connectivity index is 1.33. The van der Waals surface area contributed by atoms with E-state index in [0.29, 0.717) is 12.8 Å². The molecule has 0 radical (unpaired) electrons. The molecule has 40 nitrogen and oxygen atoms in total. The number of aliphatic carboxylic acids is 1. The van der Waals surface area contributed by atoms with E-state index in [-0.39, 0.29) is 6.42 Å². The van der Waals surface area contributed by atoms with E-state index >= 15 is 0 Å². The van der Waals surface area contributed by atoms with Crippen LogP contribution in [-0.4, -0.2) is 337 Å². The number of aliphatic hydroxyl groups is 14. The lowest BCUT2D eigenvalue weighted by atomic mass is 9.88. The molecule has 0 saturated carbocycles. The summed E-state index contributed by atoms with van der Waals surface area (Å²) in [6.07, 6.45) is -21.3. The van der Waals surface area contributed by atoms with Crippen LogP contribution >= 0.6 is 0 Å². The summed E-state index contributed by atoms with van der Waals surface area (Å²) in [6.45, 7) is -0.678. The van der Waals surface area contributed by atoms with Crippen LogP contribution in [0.25, 0.3) is 0 Å². The van der Waals surface area contributed by atoms with Gasteiger partial charge in [-0.15, -0.1) is 0 Å². The second-order valence-corrected chi connectivity index (χ2v) is 32.4. The first kappa shape index (κ1) is 102. The fourth-order valence-electron chi connectivity index (χ4n) is 14.7. The van der Waals surface area contributed by atoms with Gasteiger partial charge in [-0.2, -0.15) is 16.8 Å². The minimum atomic E-state index is -5.81. The van der Waals surface area contributed by atoms with Gasteiger partial charge in [0.25, 0.3) is 5.79 Å². The van der Waals surface area contributed by atoms with Gasteiger partial charge in [0.2, 0.25) is 17.7 Å². The largest absolute Gasteiger partial charge is 0.477 e. The number of carbonyl (C=O) groups excluding carboxylic acids is 3. The van der Waals surface area contributed by atoms with Crippen LogP contribution in [0.3, 0.4) is 0 Å². The first-order chi connectivity index (χ1) is 54.6. The highest BCUT2D eigenvalue weighted by atomic mass is 32.3. The van der Waals surface area contributed by atoms with Crippen LogP contribution in [0.15, 0.2) is 12.2 Å². The number of hydrogen-bond donors (Lipinski definition) is 20. The van der Waals surface area contributed by atoms with Gasteiger partial charge in [0.15, 0.2) is 25.2 Å². The topological polar surface area (TPSA) is 627 Å². The second kappa shape index (κ2) is 52.0. The van der Waals surface area contributed by atoms with Crippen molar-refractivity contribution >= 4 is 44.5 Å². The van der Waals surface area contributed by atoms with E-state index in [1.165, 1.54) is 102 Å². The number of nitrogens with one attached hydrogen (secondary N) is 3. The third kappa shape index (κ3) is 33.3. The number of carbonyl (C=O) groups is 4. The molecule has 20 N–H and O–H groups in total. The fraction of sp³-hybridized carbons (Fsp3) is 0.918. The minimum absolute atomic E-state index is 0.120. The van der Waals surface area contributed by atoms with Crippen molar-refractivity contribution in [1.82, 2.24) is 16.0 Å². The van der Waals surface area contributed by atoms with E-state index in [4.69, 9.17) is 51.6 Å². The number of rotatable bonds is 56. The molecule has 0 spiro atoms. The van der Waals surface area contributed by atoms with Crippen molar-refractivity contribution in [2.45, 2.75) is 385 Å². The van der Waals surface area contributed by atoms with Crippen LogP contribution in [-0.2, 0) is 95.7 Å². The predicted molar refractivity (Wildman–Crippen MR) is 399 cm³/mol. The minimum Gasteiger partial charge on any atom is -0.477 e. The predicted octanol–water partition coefficient (Wildman–Crippen LogP) is -1.39. The van der Waals surface area contributed by atoms with Crippen LogP contribution in [0.2, 0.25) is 0 Å². The average molecular weight is 1710 g/mol. The van der Waals surface area contributed by atoms with E-state index < -0.39 is 262 Å². The molecule has 0 aromatic heterocycles. The highest BCUT2D eigenvalue weighted by molar-refractivity contribution is 7.81. The smallest absolute Gasteiger partial charge is 0.397 e. The molecule has 0 bridgehead atoms. The zero-order valence-electron chi connectivity index (χ0n) is 66.1. The summed E-state index contributed by atoms with van der Waals surface area (Å²) in [5.41, 5.74) is 0. The average Bonchev–Trinajstić information content (AvgIpc) is 0.754. The quantitative estimate of drug-likeness (QED) is 0.0189. The van der Waals surface area contributed by atoms with Gasteiger partial charge in [0, 0.05) is 26.7 Å². The maximum Gasteiger partial charge on any atom is 0.397 e. The Morgan fingerprint density at radius 3 is 1.45 bits per heavy atom. The first-order valence-corrected chi connectivity index (χ1v) is 43.1. The number of aliphatic hydroxyl groups excluding tert-OH is 14. The number of amides is 3. The molecule has 42 heteroatoms. The second-order valence-electron chi connectivity index (χ2n) is 30.3. The molecule has 672 valence electrons. The first-order valence-electron chi connectivity index (χ1n) is 40.4. The summed E-state index contributed by atoms with van der Waals surface area (Å²) < 4.78 is 137. The Morgan fingerprint density at radius 2 is 0.965 bits per heavy atom. The zero-order valence-corrected chi connectivity index (χ0v) is 67.7. The summed E-state index contributed by atoms with van der Waals surface area (Å²) >= 11 is 0. The summed E-state index contributed by atoms with van der Waals surface area (Å²) in [6, 6.07) is -5.07. The molecule has 0 aliphatic carbocycles. The number of allylic oxidation sites excluding steroid dienone is 1. The molecular formula is C73H131N3O37S2. The maximum absolute atomic E-state index is 13.5. The lowest BCUT2D eigenvalue weighted by Gasteiger charge is -2.51. The molecule has 5 aliphatic heterocycles. The number of unbranched alkanes of at least 4 members (excludes halogenated alkanes) is 25. The molecule has 28 atom stereocenters. The van der Waals surface area contributed by atoms with Crippen LogP contribution < -0.4 is 16.0 Å². The fourth-order valence-corrected chi connectivity index (χ4v) is 15.5. The van der Waals surface area contributed by atoms with Crippen molar-refractivity contribution in [3.05, 3.63) is 12.2 Å². The Labute approximate surface area is 672 Å². The van der Waals surface area contributed by atoms with Gasteiger partial charge < -0.3 is 140 Å². The summed E-state index contributed by atoms with van der Waals surface area (Å²) in [7, 11) is -11.4. The van der Waals surface area contributed by atoms with Crippen molar-refractivity contribution in [3.63, 3.8) is 0 Å². The molecule has 0 aromatic carbocycles. The molecule has 5 fully saturated rings. The van der Waals surface area contributed by atoms with Gasteiger partial charge in [0.05, 0.1) is 63.9 Å². The molecule has 5 rings (SSSR count). The van der Waals surface area contributed by atoms with E-state index in [0.717, 1.165) is 78.1 Å². The summed E-state index contributed by atoms with van der Waals surface area (Å²) in [4.78, 5) is 51.9. The van der Waals surface area contributed by atoms with Crippen LogP contribution in [0.5, 0.6) is 0 Å². The number of ether oxygens (including phenoxy) is 10. The van der Waals surface area contributed by atoms with Crippen LogP contribution in [0.1, 0.15) is 214 Å². The van der Waals surface area contributed by atoms with Crippen molar-refractivity contribution < 1.29 is 177 Å². The number of hydrogen-bond acceptors (Lipinski definition) is 34. The van der Waals surface area contributed by atoms with Gasteiger partial charge in [-0.3, -0.25) is 23.5 Å². The molecule has 0 unspecified atom stereocenters.